The molecule has 63 heavy (non-hydrogen) atoms. The zero-order chi connectivity index (χ0) is 45.8. The maximum atomic E-state index is 12.8. The van der Waals surface area contributed by atoms with Gasteiger partial charge in [-0.3, -0.25) is 14.4 Å². The number of allylic oxidation sites excluding steroid dienone is 16. The Morgan fingerprint density at radius 3 is 0.984 bits per heavy atom. The zero-order valence-corrected chi connectivity index (χ0v) is 40.8. The lowest BCUT2D eigenvalue weighted by molar-refractivity contribution is -0.167. The number of unbranched alkanes of at least 4 members (excludes halogenated alkanes) is 18. The van der Waals surface area contributed by atoms with E-state index < -0.39 is 6.10 Å². The number of carbonyl (C=O) groups excluding carboxylic acids is 3. The molecular formula is C57H94O6. The molecule has 6 heteroatoms. The summed E-state index contributed by atoms with van der Waals surface area (Å²) >= 11 is 0. The summed E-state index contributed by atoms with van der Waals surface area (Å²) in [7, 11) is 0. The van der Waals surface area contributed by atoms with Gasteiger partial charge in [-0.15, -0.1) is 0 Å². The lowest BCUT2D eigenvalue weighted by Crippen LogP contribution is -2.30. The number of carbonyl (C=O) groups is 3. The van der Waals surface area contributed by atoms with Crippen LogP contribution in [-0.2, 0) is 28.6 Å². The van der Waals surface area contributed by atoms with E-state index in [4.69, 9.17) is 14.2 Å². The average Bonchev–Trinajstić information content (AvgIpc) is 3.28. The molecule has 6 nitrogen and oxygen atoms in total. The van der Waals surface area contributed by atoms with Crippen molar-refractivity contribution < 1.29 is 28.6 Å². The van der Waals surface area contributed by atoms with Crippen molar-refractivity contribution in [3.05, 3.63) is 97.2 Å². The van der Waals surface area contributed by atoms with Crippen molar-refractivity contribution in [3.63, 3.8) is 0 Å². The molecule has 0 aliphatic heterocycles. The Balaban J connectivity index is 4.41. The molecule has 0 heterocycles. The second-order valence-corrected chi connectivity index (χ2v) is 16.7. The average molecular weight is 875 g/mol. The van der Waals surface area contributed by atoms with Crippen molar-refractivity contribution in [3.8, 4) is 0 Å². The van der Waals surface area contributed by atoms with Gasteiger partial charge >= 0.3 is 17.9 Å². The number of ether oxygens (including phenoxy) is 3. The van der Waals surface area contributed by atoms with E-state index in [-0.39, 0.29) is 37.5 Å². The standard InChI is InChI=1S/C57H94O6/c1-4-7-10-13-16-19-22-24-25-26-27-28-29-30-31-33-35-38-41-44-47-50-56(59)62-53-54(52-61-55(58)49-46-43-40-37-34-21-18-15-12-9-6-3)63-57(60)51-48-45-42-39-36-32-23-20-17-14-11-8-5-2/h7-8,10-11,16-17,19-20,24-25,27-28,30-32,36,54H,4-6,9,12-15,18,21-23,26,29,33-35,37-53H2,1-3H3/b10-7-,11-8-,19-16-,20-17-,25-24-,28-27-,31-30-,36-32-. The van der Waals surface area contributed by atoms with Crippen LogP contribution in [0, 0.1) is 0 Å². The van der Waals surface area contributed by atoms with Gasteiger partial charge in [0.2, 0.25) is 0 Å². The molecule has 0 aromatic carbocycles. The van der Waals surface area contributed by atoms with Crippen molar-refractivity contribution in [2.45, 2.75) is 232 Å². The van der Waals surface area contributed by atoms with Gasteiger partial charge in [-0.05, 0) is 96.3 Å². The largest absolute Gasteiger partial charge is 0.462 e. The van der Waals surface area contributed by atoms with Gasteiger partial charge in [0.1, 0.15) is 13.2 Å². The molecule has 0 aromatic rings. The molecular weight excluding hydrogens is 781 g/mol. The van der Waals surface area contributed by atoms with Gasteiger partial charge in [-0.25, -0.2) is 0 Å². The number of esters is 3. The minimum Gasteiger partial charge on any atom is -0.462 e. The summed E-state index contributed by atoms with van der Waals surface area (Å²) in [6, 6.07) is 0. The number of hydrogen-bond donors (Lipinski definition) is 0. The van der Waals surface area contributed by atoms with Crippen LogP contribution in [0.4, 0.5) is 0 Å². The first-order valence-corrected chi connectivity index (χ1v) is 25.7. The Labute approximate surface area is 387 Å². The van der Waals surface area contributed by atoms with Crippen molar-refractivity contribution in [1.82, 2.24) is 0 Å². The van der Waals surface area contributed by atoms with Gasteiger partial charge in [0.25, 0.3) is 0 Å². The number of rotatable bonds is 45. The van der Waals surface area contributed by atoms with E-state index in [1.165, 1.54) is 51.4 Å². The molecule has 0 rings (SSSR count). The quantitative estimate of drug-likeness (QED) is 0.0262. The molecule has 0 fully saturated rings. The molecule has 358 valence electrons. The molecule has 0 aromatic heterocycles. The summed E-state index contributed by atoms with van der Waals surface area (Å²) in [5.74, 6) is -0.949. The van der Waals surface area contributed by atoms with Crippen molar-refractivity contribution >= 4 is 17.9 Å². The Hall–Kier alpha value is -3.67. The lowest BCUT2D eigenvalue weighted by Gasteiger charge is -2.18. The maximum absolute atomic E-state index is 12.8. The highest BCUT2D eigenvalue weighted by molar-refractivity contribution is 5.71. The molecule has 0 aliphatic rings. The van der Waals surface area contributed by atoms with Gasteiger partial charge in [-0.1, -0.05) is 208 Å². The summed E-state index contributed by atoms with van der Waals surface area (Å²) in [6.45, 7) is 6.35. The first kappa shape index (κ1) is 59.3. The molecule has 0 spiro atoms. The first-order valence-electron chi connectivity index (χ1n) is 25.7. The summed E-state index contributed by atoms with van der Waals surface area (Å²) < 4.78 is 16.7. The zero-order valence-electron chi connectivity index (χ0n) is 40.8. The summed E-state index contributed by atoms with van der Waals surface area (Å²) in [5.41, 5.74) is 0. The van der Waals surface area contributed by atoms with Gasteiger partial charge in [0.15, 0.2) is 6.10 Å². The molecule has 0 aliphatic carbocycles. The van der Waals surface area contributed by atoms with Crippen molar-refractivity contribution in [2.75, 3.05) is 13.2 Å². The fourth-order valence-corrected chi connectivity index (χ4v) is 6.78. The SMILES string of the molecule is CC/C=C\C/C=C\C/C=C\C/C=C\C/C=C\CCCCCCCC(=O)OCC(COC(=O)CCCCCCCCCCCCC)OC(=O)CCCCC/C=C\C/C=C\C/C=C\CC. The second-order valence-electron chi connectivity index (χ2n) is 16.7. The van der Waals surface area contributed by atoms with E-state index in [0.29, 0.717) is 12.8 Å². The van der Waals surface area contributed by atoms with Gasteiger partial charge in [0, 0.05) is 19.3 Å². The van der Waals surface area contributed by atoms with Crippen molar-refractivity contribution in [2.24, 2.45) is 0 Å². The van der Waals surface area contributed by atoms with Crippen LogP contribution in [0.2, 0.25) is 0 Å². The minimum atomic E-state index is -0.799. The summed E-state index contributed by atoms with van der Waals surface area (Å²) in [6.07, 6.45) is 66.8. The van der Waals surface area contributed by atoms with E-state index >= 15 is 0 Å². The molecule has 0 saturated carbocycles. The van der Waals surface area contributed by atoms with E-state index in [1.807, 2.05) is 0 Å². The molecule has 0 amide bonds. The summed E-state index contributed by atoms with van der Waals surface area (Å²) in [4.78, 5) is 37.9. The van der Waals surface area contributed by atoms with Crippen LogP contribution in [0.25, 0.3) is 0 Å². The van der Waals surface area contributed by atoms with Crippen LogP contribution in [0.5, 0.6) is 0 Å². The van der Waals surface area contributed by atoms with E-state index in [9.17, 15) is 14.4 Å². The second kappa shape index (κ2) is 51.0. The van der Waals surface area contributed by atoms with Gasteiger partial charge in [-0.2, -0.15) is 0 Å². The maximum Gasteiger partial charge on any atom is 0.306 e. The first-order chi connectivity index (χ1) is 31.0. The van der Waals surface area contributed by atoms with E-state index in [1.54, 1.807) is 0 Å². The van der Waals surface area contributed by atoms with Crippen molar-refractivity contribution in [1.29, 1.82) is 0 Å². The van der Waals surface area contributed by atoms with Crippen LogP contribution < -0.4 is 0 Å². The molecule has 0 bridgehead atoms. The third-order valence-corrected chi connectivity index (χ3v) is 10.6. The van der Waals surface area contributed by atoms with Gasteiger partial charge in [0.05, 0.1) is 0 Å². The Morgan fingerprint density at radius 1 is 0.333 bits per heavy atom. The molecule has 0 N–H and O–H groups in total. The van der Waals surface area contributed by atoms with Crippen LogP contribution >= 0.6 is 0 Å². The fraction of sp³-hybridized carbons (Fsp3) is 0.667. The monoisotopic (exact) mass is 875 g/mol. The summed E-state index contributed by atoms with van der Waals surface area (Å²) in [5, 5.41) is 0. The Bertz CT molecular complexity index is 1280. The normalized spacial score (nSPS) is 12.9. The smallest absolute Gasteiger partial charge is 0.306 e. The lowest BCUT2D eigenvalue weighted by atomic mass is 10.1. The van der Waals surface area contributed by atoms with Gasteiger partial charge < -0.3 is 14.2 Å². The fourth-order valence-electron chi connectivity index (χ4n) is 6.78. The molecule has 0 radical (unpaired) electrons. The highest BCUT2D eigenvalue weighted by Crippen LogP contribution is 2.14. The third-order valence-electron chi connectivity index (χ3n) is 10.6. The molecule has 1 unspecified atom stereocenters. The molecule has 0 saturated heterocycles. The van der Waals surface area contributed by atoms with Crippen LogP contribution in [-0.4, -0.2) is 37.2 Å². The molecule has 1 atom stereocenters. The minimum absolute atomic E-state index is 0.0953. The predicted octanol–water partition coefficient (Wildman–Crippen LogP) is 17.0. The van der Waals surface area contributed by atoms with Crippen LogP contribution in [0.15, 0.2) is 97.2 Å². The third kappa shape index (κ3) is 49.2. The van der Waals surface area contributed by atoms with Crippen LogP contribution in [0.3, 0.4) is 0 Å². The highest BCUT2D eigenvalue weighted by Gasteiger charge is 2.19. The predicted molar refractivity (Wildman–Crippen MR) is 270 cm³/mol. The van der Waals surface area contributed by atoms with Crippen LogP contribution in [0.1, 0.15) is 226 Å². The van der Waals surface area contributed by atoms with E-state index in [2.05, 4.69) is 118 Å². The Morgan fingerprint density at radius 2 is 0.619 bits per heavy atom. The number of hydrogen-bond acceptors (Lipinski definition) is 6. The highest BCUT2D eigenvalue weighted by atomic mass is 16.6. The Kier molecular flexibility index (Phi) is 48.0. The topological polar surface area (TPSA) is 78.9 Å². The van der Waals surface area contributed by atoms with E-state index in [0.717, 1.165) is 135 Å².